The topological polar surface area (TPSA) is 75.6 Å². The number of carboxylic acids is 1. The molecular weight excluding hydrogens is 375 g/mol. The number of carbonyl (C=O) groups is 2. The third-order valence-electron chi connectivity index (χ3n) is 3.42. The van der Waals surface area contributed by atoms with Crippen LogP contribution in [0.1, 0.15) is 26.3 Å². The molecule has 144 valence electrons. The summed E-state index contributed by atoms with van der Waals surface area (Å²) < 4.78 is 42.5. The van der Waals surface area contributed by atoms with Crippen LogP contribution in [-0.2, 0) is 9.59 Å². The van der Waals surface area contributed by atoms with Crippen LogP contribution in [0.4, 0.5) is 13.2 Å². The van der Waals surface area contributed by atoms with Gasteiger partial charge in [0.05, 0.1) is 19.2 Å². The molecule has 26 heavy (non-hydrogen) atoms. The number of carboxylic acid groups (broad SMARTS) is 1. The lowest BCUT2D eigenvalue weighted by atomic mass is 9.78. The van der Waals surface area contributed by atoms with Gasteiger partial charge in [-0.3, -0.25) is 4.79 Å². The number of benzene rings is 1. The van der Waals surface area contributed by atoms with Gasteiger partial charge in [-0.05, 0) is 29.2 Å². The second-order valence-electron chi connectivity index (χ2n) is 6.43. The predicted molar refractivity (Wildman–Crippen MR) is 91.1 cm³/mol. The van der Waals surface area contributed by atoms with Crippen LogP contribution >= 0.6 is 11.6 Å². The van der Waals surface area contributed by atoms with Gasteiger partial charge in [0.25, 0.3) is 0 Å². The molecule has 9 heteroatoms. The number of hydrogen-bond acceptors (Lipinski definition) is 3. The quantitative estimate of drug-likeness (QED) is 0.744. The van der Waals surface area contributed by atoms with Crippen LogP contribution in [0.5, 0.6) is 5.75 Å². The minimum atomic E-state index is -5.11. The second-order valence-corrected chi connectivity index (χ2v) is 6.87. The summed E-state index contributed by atoms with van der Waals surface area (Å²) in [5.74, 6) is -3.37. The number of amides is 1. The molecule has 5 nitrogen and oxygen atoms in total. The number of allylic oxidation sites excluding steroid dienone is 1. The third-order valence-corrected chi connectivity index (χ3v) is 3.66. The minimum absolute atomic E-state index is 0.201. The van der Waals surface area contributed by atoms with Crippen molar-refractivity contribution < 1.29 is 32.6 Å². The first-order valence-corrected chi connectivity index (χ1v) is 7.82. The second kappa shape index (κ2) is 7.99. The van der Waals surface area contributed by atoms with Gasteiger partial charge in [0.2, 0.25) is 0 Å². The smallest absolute Gasteiger partial charge is 0.471 e. The maximum absolute atomic E-state index is 12.4. The molecule has 0 radical (unpaired) electrons. The Balaban J connectivity index is 3.58. The van der Waals surface area contributed by atoms with Crippen molar-refractivity contribution in [3.8, 4) is 5.75 Å². The first kappa shape index (κ1) is 21.8. The van der Waals surface area contributed by atoms with Crippen LogP contribution in [0.25, 0.3) is 5.57 Å². The summed E-state index contributed by atoms with van der Waals surface area (Å²) >= 11 is 6.00. The van der Waals surface area contributed by atoms with Gasteiger partial charge >= 0.3 is 18.1 Å². The van der Waals surface area contributed by atoms with E-state index in [9.17, 15) is 27.9 Å². The molecule has 1 rings (SSSR count). The fourth-order valence-electron chi connectivity index (χ4n) is 2.43. The fraction of sp³-hybridized carbons (Fsp3) is 0.412. The number of methoxy groups -OCH3 is 1. The van der Waals surface area contributed by atoms with Crippen molar-refractivity contribution in [2.24, 2.45) is 5.41 Å². The van der Waals surface area contributed by atoms with Crippen molar-refractivity contribution in [1.82, 2.24) is 5.32 Å². The number of carbonyl (C=O) groups excluding carboxylic acids is 1. The number of nitrogens with one attached hydrogen (secondary N) is 1. The van der Waals surface area contributed by atoms with Gasteiger partial charge in [-0.1, -0.05) is 32.4 Å². The molecule has 1 aromatic carbocycles. The maximum Gasteiger partial charge on any atom is 0.471 e. The first-order valence-electron chi connectivity index (χ1n) is 7.45. The van der Waals surface area contributed by atoms with E-state index in [4.69, 9.17) is 16.3 Å². The van der Waals surface area contributed by atoms with Crippen LogP contribution < -0.4 is 10.1 Å². The first-order chi connectivity index (χ1) is 11.8. The van der Waals surface area contributed by atoms with Gasteiger partial charge in [-0.25, -0.2) is 4.79 Å². The number of hydrogen-bond donors (Lipinski definition) is 2. The van der Waals surface area contributed by atoms with Gasteiger partial charge in [0.15, 0.2) is 0 Å². The average Bonchev–Trinajstić information content (AvgIpc) is 2.48. The summed E-state index contributed by atoms with van der Waals surface area (Å²) in [4.78, 5) is 22.8. The molecule has 0 atom stereocenters. The highest BCUT2D eigenvalue weighted by Crippen LogP contribution is 2.41. The molecule has 0 aliphatic heterocycles. The van der Waals surface area contributed by atoms with E-state index < -0.39 is 35.6 Å². The Labute approximate surface area is 153 Å². The lowest BCUT2D eigenvalue weighted by molar-refractivity contribution is -0.173. The Morgan fingerprint density at radius 3 is 2.23 bits per heavy atom. The Bertz CT molecular complexity index is 737. The Morgan fingerprint density at radius 1 is 1.23 bits per heavy atom. The Kier molecular flexibility index (Phi) is 6.70. The largest absolute Gasteiger partial charge is 0.496 e. The summed E-state index contributed by atoms with van der Waals surface area (Å²) in [5.41, 5.74) is -0.664. The van der Waals surface area contributed by atoms with Gasteiger partial charge in [-0.2, -0.15) is 13.2 Å². The van der Waals surface area contributed by atoms with Gasteiger partial charge < -0.3 is 15.2 Å². The van der Waals surface area contributed by atoms with Crippen LogP contribution in [-0.4, -0.2) is 36.8 Å². The fourth-order valence-corrected chi connectivity index (χ4v) is 2.61. The van der Waals surface area contributed by atoms with Crippen LogP contribution in [0.2, 0.25) is 5.02 Å². The zero-order valence-electron chi connectivity index (χ0n) is 14.6. The van der Waals surface area contributed by atoms with Crippen molar-refractivity contribution in [2.75, 3.05) is 13.7 Å². The van der Waals surface area contributed by atoms with E-state index in [1.54, 1.807) is 26.1 Å². The normalized spacial score (nSPS) is 13.1. The van der Waals surface area contributed by atoms with Crippen LogP contribution in [0, 0.1) is 5.41 Å². The zero-order chi connectivity index (χ0) is 20.3. The van der Waals surface area contributed by atoms with Crippen molar-refractivity contribution in [2.45, 2.75) is 26.9 Å². The molecule has 0 unspecified atom stereocenters. The van der Waals surface area contributed by atoms with E-state index in [2.05, 4.69) is 0 Å². The van der Waals surface area contributed by atoms with Crippen molar-refractivity contribution in [3.63, 3.8) is 0 Å². The molecule has 2 N–H and O–H groups in total. The number of ether oxygens (including phenoxy) is 1. The van der Waals surface area contributed by atoms with Crippen LogP contribution in [0.15, 0.2) is 23.8 Å². The molecule has 0 spiro atoms. The number of alkyl halides is 3. The van der Waals surface area contributed by atoms with E-state index >= 15 is 0 Å². The van der Waals surface area contributed by atoms with Gasteiger partial charge in [0, 0.05) is 10.6 Å². The lowest BCUT2D eigenvalue weighted by Crippen LogP contribution is -2.39. The standard InChI is InChI=1S/C17H19ClF3NO4/c1-16(2,3)13(10-7-9(18)5-6-12(10)26-4)11(14(23)24)8-22-15(25)17(19,20)21/h5-7H,8H2,1-4H3,(H,22,25)(H,23,24)/b13-11-. The molecular formula is C17H19ClF3NO4. The van der Waals surface area contributed by atoms with E-state index in [1.807, 2.05) is 0 Å². The van der Waals surface area contributed by atoms with Crippen molar-refractivity contribution in [3.05, 3.63) is 34.4 Å². The van der Waals surface area contributed by atoms with E-state index in [0.29, 0.717) is 16.3 Å². The predicted octanol–water partition coefficient (Wildman–Crippen LogP) is 3.91. The summed E-state index contributed by atoms with van der Waals surface area (Å²) in [6.07, 6.45) is -5.11. The summed E-state index contributed by atoms with van der Waals surface area (Å²) in [6, 6.07) is 4.53. The Hall–Kier alpha value is -2.22. The van der Waals surface area contributed by atoms with E-state index in [0.717, 1.165) is 0 Å². The van der Waals surface area contributed by atoms with E-state index in [1.165, 1.54) is 25.3 Å². The van der Waals surface area contributed by atoms with Gasteiger partial charge in [0.1, 0.15) is 5.75 Å². The highest BCUT2D eigenvalue weighted by atomic mass is 35.5. The highest BCUT2D eigenvalue weighted by molar-refractivity contribution is 6.30. The highest BCUT2D eigenvalue weighted by Gasteiger charge is 2.39. The molecule has 0 aliphatic rings. The zero-order valence-corrected chi connectivity index (χ0v) is 15.4. The van der Waals surface area contributed by atoms with E-state index in [-0.39, 0.29) is 5.57 Å². The minimum Gasteiger partial charge on any atom is -0.496 e. The van der Waals surface area contributed by atoms with Crippen molar-refractivity contribution >= 4 is 29.1 Å². The number of halogens is 4. The molecule has 0 saturated carbocycles. The molecule has 1 aromatic rings. The summed E-state index contributed by atoms with van der Waals surface area (Å²) in [5, 5.41) is 11.5. The molecule has 0 aromatic heterocycles. The third kappa shape index (κ3) is 5.39. The molecule has 0 aliphatic carbocycles. The number of aliphatic carboxylic acids is 1. The molecule has 0 bridgehead atoms. The monoisotopic (exact) mass is 393 g/mol. The van der Waals surface area contributed by atoms with Gasteiger partial charge in [-0.15, -0.1) is 0 Å². The molecule has 0 saturated heterocycles. The SMILES string of the molecule is COc1ccc(Cl)cc1/C(=C(\CNC(=O)C(F)(F)F)C(=O)O)C(C)(C)C. The van der Waals surface area contributed by atoms with Crippen molar-refractivity contribution in [1.29, 1.82) is 0 Å². The lowest BCUT2D eigenvalue weighted by Gasteiger charge is -2.27. The molecule has 0 fully saturated rings. The van der Waals surface area contributed by atoms with Crippen LogP contribution in [0.3, 0.4) is 0 Å². The average molecular weight is 394 g/mol. The summed E-state index contributed by atoms with van der Waals surface area (Å²) in [6.45, 7) is 4.27. The Morgan fingerprint density at radius 2 is 1.81 bits per heavy atom. The summed E-state index contributed by atoms with van der Waals surface area (Å²) in [7, 11) is 1.37. The number of rotatable bonds is 5. The molecule has 0 heterocycles. The molecule has 1 amide bonds. The maximum atomic E-state index is 12.4.